The molecule has 0 saturated carbocycles. The van der Waals surface area contributed by atoms with Crippen molar-refractivity contribution in [2.75, 3.05) is 0 Å². The minimum atomic E-state index is -0.904. The van der Waals surface area contributed by atoms with Gasteiger partial charge in [0.15, 0.2) is 0 Å². The molecule has 0 spiro atoms. The van der Waals surface area contributed by atoms with E-state index in [4.69, 9.17) is 5.11 Å². The lowest BCUT2D eigenvalue weighted by atomic mass is 10.1. The van der Waals surface area contributed by atoms with Crippen molar-refractivity contribution in [3.8, 4) is 0 Å². The van der Waals surface area contributed by atoms with Crippen LogP contribution in [0.2, 0.25) is 0 Å². The van der Waals surface area contributed by atoms with Crippen LogP contribution in [0, 0.1) is 5.92 Å². The summed E-state index contributed by atoms with van der Waals surface area (Å²) in [6.45, 7) is 4.23. The molecule has 2 heteroatoms. The van der Waals surface area contributed by atoms with Gasteiger partial charge in [-0.3, -0.25) is 0 Å². The Labute approximate surface area is 67.2 Å². The predicted octanol–water partition coefficient (Wildman–Crippen LogP) is 2.23. The summed E-state index contributed by atoms with van der Waals surface area (Å²) in [5, 5.41) is 8.20. The van der Waals surface area contributed by atoms with Crippen molar-refractivity contribution in [3.05, 3.63) is 24.3 Å². The van der Waals surface area contributed by atoms with Crippen LogP contribution in [0.1, 0.15) is 20.3 Å². The van der Waals surface area contributed by atoms with Gasteiger partial charge in [0.2, 0.25) is 0 Å². The molecule has 62 valence electrons. The Bertz CT molecular complexity index is 166. The number of carboxylic acids is 1. The van der Waals surface area contributed by atoms with Crippen LogP contribution in [0.15, 0.2) is 24.3 Å². The van der Waals surface area contributed by atoms with Gasteiger partial charge in [-0.2, -0.15) is 0 Å². The predicted molar refractivity (Wildman–Crippen MR) is 45.4 cm³/mol. The first kappa shape index (κ1) is 9.95. The van der Waals surface area contributed by atoms with Crippen molar-refractivity contribution >= 4 is 5.97 Å². The molecule has 0 aliphatic carbocycles. The molecule has 0 aromatic rings. The van der Waals surface area contributed by atoms with E-state index in [2.05, 4.69) is 13.8 Å². The van der Waals surface area contributed by atoms with Gasteiger partial charge in [-0.05, 0) is 12.3 Å². The lowest BCUT2D eigenvalue weighted by Crippen LogP contribution is -1.84. The SMILES string of the molecule is CC(C)C/C=C/C=CC(=O)O. The van der Waals surface area contributed by atoms with Gasteiger partial charge < -0.3 is 5.11 Å². The van der Waals surface area contributed by atoms with E-state index < -0.39 is 5.97 Å². The van der Waals surface area contributed by atoms with Gasteiger partial charge >= 0.3 is 5.97 Å². The van der Waals surface area contributed by atoms with Crippen molar-refractivity contribution in [2.45, 2.75) is 20.3 Å². The molecule has 0 rings (SSSR count). The summed E-state index contributed by atoms with van der Waals surface area (Å²) in [5.74, 6) is -0.274. The van der Waals surface area contributed by atoms with Crippen molar-refractivity contribution in [1.29, 1.82) is 0 Å². The summed E-state index contributed by atoms with van der Waals surface area (Å²) < 4.78 is 0. The Balaban J connectivity index is 3.52. The topological polar surface area (TPSA) is 37.3 Å². The molecule has 0 unspecified atom stereocenters. The number of carbonyl (C=O) groups is 1. The molecule has 0 radical (unpaired) electrons. The number of hydrogen-bond acceptors (Lipinski definition) is 1. The highest BCUT2D eigenvalue weighted by molar-refractivity contribution is 5.80. The summed E-state index contributed by atoms with van der Waals surface area (Å²) in [6.07, 6.45) is 7.36. The average molecular weight is 154 g/mol. The van der Waals surface area contributed by atoms with E-state index in [-0.39, 0.29) is 0 Å². The fourth-order valence-corrected chi connectivity index (χ4v) is 0.567. The second-order valence-corrected chi connectivity index (χ2v) is 2.76. The van der Waals surface area contributed by atoms with Crippen LogP contribution < -0.4 is 0 Å². The zero-order chi connectivity index (χ0) is 8.69. The smallest absolute Gasteiger partial charge is 0.328 e. The van der Waals surface area contributed by atoms with Gasteiger partial charge in [-0.15, -0.1) is 0 Å². The van der Waals surface area contributed by atoms with Crippen molar-refractivity contribution in [3.63, 3.8) is 0 Å². The van der Waals surface area contributed by atoms with Crippen molar-refractivity contribution < 1.29 is 9.90 Å². The minimum absolute atomic E-state index is 0.629. The third kappa shape index (κ3) is 8.95. The highest BCUT2D eigenvalue weighted by Crippen LogP contribution is 1.99. The van der Waals surface area contributed by atoms with Gasteiger partial charge in [0.25, 0.3) is 0 Å². The zero-order valence-corrected chi connectivity index (χ0v) is 6.95. The Morgan fingerprint density at radius 1 is 1.45 bits per heavy atom. The number of aliphatic carboxylic acids is 1. The summed E-state index contributed by atoms with van der Waals surface area (Å²) in [7, 11) is 0. The van der Waals surface area contributed by atoms with Gasteiger partial charge in [-0.25, -0.2) is 4.79 Å². The van der Waals surface area contributed by atoms with Gasteiger partial charge in [0.1, 0.15) is 0 Å². The first-order valence-corrected chi connectivity index (χ1v) is 3.69. The quantitative estimate of drug-likeness (QED) is 0.498. The fraction of sp³-hybridized carbons (Fsp3) is 0.444. The Hall–Kier alpha value is -1.05. The first-order valence-electron chi connectivity index (χ1n) is 3.69. The molecule has 0 heterocycles. The molecule has 11 heavy (non-hydrogen) atoms. The van der Waals surface area contributed by atoms with E-state index in [0.717, 1.165) is 12.5 Å². The summed E-state index contributed by atoms with van der Waals surface area (Å²) in [6, 6.07) is 0. The van der Waals surface area contributed by atoms with E-state index in [9.17, 15) is 4.79 Å². The lowest BCUT2D eigenvalue weighted by Gasteiger charge is -1.94. The molecule has 0 aliphatic heterocycles. The van der Waals surface area contributed by atoms with Gasteiger partial charge in [-0.1, -0.05) is 32.1 Å². The highest BCUT2D eigenvalue weighted by Gasteiger charge is 1.85. The number of rotatable bonds is 4. The maximum atomic E-state index is 9.98. The average Bonchev–Trinajstić information content (AvgIpc) is 1.85. The maximum absolute atomic E-state index is 9.98. The van der Waals surface area contributed by atoms with Crippen molar-refractivity contribution in [1.82, 2.24) is 0 Å². The summed E-state index contributed by atoms with van der Waals surface area (Å²) in [4.78, 5) is 9.98. The standard InChI is InChI=1S/C9H14O2/c1-8(2)6-4-3-5-7-9(10)11/h3-5,7-8H,6H2,1-2H3,(H,10,11)/b4-3+,7-5?. The summed E-state index contributed by atoms with van der Waals surface area (Å²) in [5.41, 5.74) is 0. The normalized spacial score (nSPS) is 11.9. The molecule has 0 amide bonds. The Kier molecular flexibility index (Phi) is 5.17. The second-order valence-electron chi connectivity index (χ2n) is 2.76. The van der Waals surface area contributed by atoms with E-state index in [1.54, 1.807) is 6.08 Å². The van der Waals surface area contributed by atoms with Crippen LogP contribution in [0.4, 0.5) is 0 Å². The van der Waals surface area contributed by atoms with Crippen LogP contribution in [0.3, 0.4) is 0 Å². The fourth-order valence-electron chi connectivity index (χ4n) is 0.567. The largest absolute Gasteiger partial charge is 0.478 e. The van der Waals surface area contributed by atoms with E-state index in [1.807, 2.05) is 6.08 Å². The maximum Gasteiger partial charge on any atom is 0.328 e. The Morgan fingerprint density at radius 3 is 2.55 bits per heavy atom. The second kappa shape index (κ2) is 5.71. The molecule has 1 N–H and O–H groups in total. The van der Waals surface area contributed by atoms with Crippen LogP contribution in [0.25, 0.3) is 0 Å². The molecule has 2 nitrogen and oxygen atoms in total. The lowest BCUT2D eigenvalue weighted by molar-refractivity contribution is -0.131. The van der Waals surface area contributed by atoms with Crippen LogP contribution >= 0.6 is 0 Å². The first-order chi connectivity index (χ1) is 5.13. The van der Waals surface area contributed by atoms with Crippen LogP contribution in [-0.4, -0.2) is 11.1 Å². The number of carboxylic acid groups (broad SMARTS) is 1. The van der Waals surface area contributed by atoms with E-state index in [0.29, 0.717) is 5.92 Å². The molecule has 0 fully saturated rings. The molecule has 0 bridgehead atoms. The number of hydrogen-bond donors (Lipinski definition) is 1. The molecular formula is C9H14O2. The molecule has 0 atom stereocenters. The highest BCUT2D eigenvalue weighted by atomic mass is 16.4. The molecule has 0 aromatic heterocycles. The minimum Gasteiger partial charge on any atom is -0.478 e. The third-order valence-corrected chi connectivity index (χ3v) is 1.09. The van der Waals surface area contributed by atoms with E-state index in [1.165, 1.54) is 6.08 Å². The van der Waals surface area contributed by atoms with Gasteiger partial charge in [0, 0.05) is 6.08 Å². The van der Waals surface area contributed by atoms with Crippen molar-refractivity contribution in [2.24, 2.45) is 5.92 Å². The summed E-state index contributed by atoms with van der Waals surface area (Å²) >= 11 is 0. The zero-order valence-electron chi connectivity index (χ0n) is 6.95. The van der Waals surface area contributed by atoms with E-state index >= 15 is 0 Å². The molecular weight excluding hydrogens is 140 g/mol. The van der Waals surface area contributed by atoms with Gasteiger partial charge in [0.05, 0.1) is 0 Å². The molecule has 0 aliphatic rings. The monoisotopic (exact) mass is 154 g/mol. The van der Waals surface area contributed by atoms with Crippen LogP contribution in [0.5, 0.6) is 0 Å². The van der Waals surface area contributed by atoms with Crippen LogP contribution in [-0.2, 0) is 4.79 Å². The molecule has 0 saturated heterocycles. The Morgan fingerprint density at radius 2 is 2.09 bits per heavy atom. The number of allylic oxidation sites excluding steroid dienone is 3. The molecule has 0 aromatic carbocycles. The third-order valence-electron chi connectivity index (χ3n) is 1.09.